The van der Waals surface area contributed by atoms with Crippen LogP contribution in [0.2, 0.25) is 5.02 Å². The number of nitrogens with two attached hydrogens (primary N) is 1. The van der Waals surface area contributed by atoms with Gasteiger partial charge in [-0.1, -0.05) is 60.1 Å². The monoisotopic (exact) mass is 545 g/mol. The number of amides is 2. The summed E-state index contributed by atoms with van der Waals surface area (Å²) in [5.41, 5.74) is 2.33. The Hall–Kier alpha value is -4.44. The van der Waals surface area contributed by atoms with Crippen molar-refractivity contribution < 1.29 is 31.9 Å². The molecule has 1 aromatic heterocycles. The number of rotatable bonds is 7. The maximum absolute atomic E-state index is 14.6. The van der Waals surface area contributed by atoms with Gasteiger partial charge in [0.1, 0.15) is 0 Å². The quantitative estimate of drug-likeness (QED) is 0.164. The standard InChI is InChI=1S/C21H15F4N3O3.C6H5Cl/c22-12-8-13(23)18(25)16(17(12)24)15-11(21(31)27-7-6-14(26)29)9-28-19(15)20(30)10-4-2-1-3-5-10;7-6-4-2-1-3-5-6/h1-5,8-9,28H,6-7H2,(H2,26,29)(H,27,31);1-5H. The van der Waals surface area contributed by atoms with Gasteiger partial charge >= 0.3 is 0 Å². The van der Waals surface area contributed by atoms with Gasteiger partial charge in [-0.05, 0) is 12.1 Å². The lowest BCUT2D eigenvalue weighted by Crippen LogP contribution is -2.28. The molecule has 4 rings (SSSR count). The molecular weight excluding hydrogens is 526 g/mol. The summed E-state index contributed by atoms with van der Waals surface area (Å²) < 4.78 is 56.8. The van der Waals surface area contributed by atoms with E-state index < -0.39 is 63.3 Å². The number of halogens is 5. The zero-order valence-corrected chi connectivity index (χ0v) is 20.3. The van der Waals surface area contributed by atoms with E-state index in [-0.39, 0.29) is 24.6 Å². The molecule has 0 radical (unpaired) electrons. The number of benzene rings is 3. The first kappa shape index (κ1) is 28.1. The van der Waals surface area contributed by atoms with Crippen molar-refractivity contribution in [2.45, 2.75) is 6.42 Å². The van der Waals surface area contributed by atoms with Gasteiger partial charge in [0.05, 0.1) is 16.8 Å². The van der Waals surface area contributed by atoms with E-state index in [9.17, 15) is 31.9 Å². The number of aromatic nitrogens is 1. The summed E-state index contributed by atoms with van der Waals surface area (Å²) >= 11 is 5.54. The molecule has 3 aromatic carbocycles. The van der Waals surface area contributed by atoms with Gasteiger partial charge in [-0.3, -0.25) is 14.4 Å². The zero-order chi connectivity index (χ0) is 27.8. The van der Waals surface area contributed by atoms with Crippen LogP contribution in [0.25, 0.3) is 11.1 Å². The lowest BCUT2D eigenvalue weighted by Gasteiger charge is -2.11. The van der Waals surface area contributed by atoms with Crippen LogP contribution in [-0.2, 0) is 4.79 Å². The number of hydrogen-bond acceptors (Lipinski definition) is 3. The largest absolute Gasteiger partial charge is 0.370 e. The van der Waals surface area contributed by atoms with Crippen LogP contribution in [0, 0.1) is 23.3 Å². The maximum Gasteiger partial charge on any atom is 0.253 e. The minimum Gasteiger partial charge on any atom is -0.370 e. The number of hydrogen-bond donors (Lipinski definition) is 3. The van der Waals surface area contributed by atoms with E-state index in [4.69, 9.17) is 17.3 Å². The highest BCUT2D eigenvalue weighted by molar-refractivity contribution is 6.30. The van der Waals surface area contributed by atoms with E-state index in [1.165, 1.54) is 24.3 Å². The zero-order valence-electron chi connectivity index (χ0n) is 19.5. The second-order valence-electron chi connectivity index (χ2n) is 7.76. The molecule has 4 N–H and O–H groups in total. The second-order valence-corrected chi connectivity index (χ2v) is 8.19. The minimum absolute atomic E-state index is 0.0200. The van der Waals surface area contributed by atoms with Gasteiger partial charge in [-0.2, -0.15) is 0 Å². The highest BCUT2D eigenvalue weighted by Gasteiger charge is 2.30. The Kier molecular flexibility index (Phi) is 9.39. The highest BCUT2D eigenvalue weighted by Crippen LogP contribution is 2.35. The molecule has 0 aliphatic rings. The average molecular weight is 546 g/mol. The number of primary amides is 1. The SMILES string of the molecule is Clc1ccccc1.NC(=O)CCNC(=O)c1c[nH]c(C(=O)c2ccccc2)c1-c1c(F)c(F)cc(F)c1F. The third-order valence-electron chi connectivity index (χ3n) is 5.14. The molecule has 0 atom stereocenters. The summed E-state index contributed by atoms with van der Waals surface area (Å²) in [5.74, 6) is -9.36. The summed E-state index contributed by atoms with van der Waals surface area (Å²) in [5, 5.41) is 3.09. The van der Waals surface area contributed by atoms with Crippen LogP contribution in [0.1, 0.15) is 32.8 Å². The van der Waals surface area contributed by atoms with E-state index in [2.05, 4.69) is 10.3 Å². The van der Waals surface area contributed by atoms with Crippen molar-refractivity contribution in [1.29, 1.82) is 0 Å². The molecule has 0 aliphatic carbocycles. The number of ketones is 1. The molecule has 1 heterocycles. The van der Waals surface area contributed by atoms with Crippen molar-refractivity contribution in [3.05, 3.63) is 118 Å². The lowest BCUT2D eigenvalue weighted by molar-refractivity contribution is -0.117. The second kappa shape index (κ2) is 12.7. The Balaban J connectivity index is 0.000000494. The number of carbonyl (C=O) groups excluding carboxylic acids is 3. The number of carbonyl (C=O) groups is 3. The Morgan fingerprint density at radius 2 is 1.39 bits per heavy atom. The van der Waals surface area contributed by atoms with Gasteiger partial charge in [0, 0.05) is 41.4 Å². The molecule has 196 valence electrons. The fourth-order valence-corrected chi connectivity index (χ4v) is 3.52. The van der Waals surface area contributed by atoms with Crippen LogP contribution < -0.4 is 11.1 Å². The molecule has 0 unspecified atom stereocenters. The fourth-order valence-electron chi connectivity index (χ4n) is 3.38. The van der Waals surface area contributed by atoms with Gasteiger partial charge in [0.25, 0.3) is 5.91 Å². The van der Waals surface area contributed by atoms with Gasteiger partial charge in [0.2, 0.25) is 11.7 Å². The summed E-state index contributed by atoms with van der Waals surface area (Å²) in [6.07, 6.45) is 0.755. The van der Waals surface area contributed by atoms with E-state index in [0.29, 0.717) is 0 Å². The van der Waals surface area contributed by atoms with Crippen LogP contribution in [0.5, 0.6) is 0 Å². The molecule has 0 saturated carbocycles. The topological polar surface area (TPSA) is 105 Å². The third kappa shape index (κ3) is 6.65. The van der Waals surface area contributed by atoms with Gasteiger partial charge in [-0.25, -0.2) is 17.6 Å². The highest BCUT2D eigenvalue weighted by atomic mass is 35.5. The normalized spacial score (nSPS) is 10.3. The predicted molar refractivity (Wildman–Crippen MR) is 134 cm³/mol. The first-order chi connectivity index (χ1) is 18.1. The van der Waals surface area contributed by atoms with Crippen molar-refractivity contribution in [3.8, 4) is 11.1 Å². The smallest absolute Gasteiger partial charge is 0.253 e. The fraction of sp³-hybridized carbons (Fsp3) is 0.0741. The summed E-state index contributed by atoms with van der Waals surface area (Å²) in [4.78, 5) is 38.8. The van der Waals surface area contributed by atoms with Crippen molar-refractivity contribution in [1.82, 2.24) is 10.3 Å². The third-order valence-corrected chi connectivity index (χ3v) is 5.39. The summed E-state index contributed by atoms with van der Waals surface area (Å²) in [7, 11) is 0. The Labute approximate surface area is 219 Å². The Bertz CT molecular complexity index is 1440. The molecule has 2 amide bonds. The first-order valence-electron chi connectivity index (χ1n) is 11.0. The van der Waals surface area contributed by atoms with Gasteiger partial charge in [0.15, 0.2) is 23.3 Å². The molecule has 38 heavy (non-hydrogen) atoms. The molecule has 4 aromatic rings. The molecule has 0 fully saturated rings. The first-order valence-corrected chi connectivity index (χ1v) is 11.4. The van der Waals surface area contributed by atoms with Crippen LogP contribution in [-0.4, -0.2) is 29.1 Å². The van der Waals surface area contributed by atoms with Crippen LogP contribution >= 0.6 is 11.6 Å². The molecule has 0 saturated heterocycles. The van der Waals surface area contributed by atoms with Crippen molar-refractivity contribution in [3.63, 3.8) is 0 Å². The van der Waals surface area contributed by atoms with Crippen molar-refractivity contribution in [2.24, 2.45) is 5.73 Å². The van der Waals surface area contributed by atoms with Gasteiger partial charge in [-0.15, -0.1) is 0 Å². The number of H-pyrrole nitrogens is 1. The van der Waals surface area contributed by atoms with E-state index in [1.807, 2.05) is 30.3 Å². The maximum atomic E-state index is 14.6. The molecule has 0 aliphatic heterocycles. The predicted octanol–water partition coefficient (Wildman–Crippen LogP) is 5.41. The van der Waals surface area contributed by atoms with Crippen LogP contribution in [0.3, 0.4) is 0 Å². The molecule has 6 nitrogen and oxygen atoms in total. The van der Waals surface area contributed by atoms with Crippen molar-refractivity contribution in [2.75, 3.05) is 6.54 Å². The van der Waals surface area contributed by atoms with Crippen LogP contribution in [0.15, 0.2) is 72.9 Å². The summed E-state index contributed by atoms with van der Waals surface area (Å²) in [6, 6.07) is 17.0. The molecule has 11 heteroatoms. The summed E-state index contributed by atoms with van der Waals surface area (Å²) in [6.45, 7) is -0.205. The molecule has 0 bridgehead atoms. The number of aromatic amines is 1. The van der Waals surface area contributed by atoms with E-state index in [0.717, 1.165) is 11.2 Å². The Morgan fingerprint density at radius 1 is 0.842 bits per heavy atom. The molecular formula is C27H20ClF4N3O3. The lowest BCUT2D eigenvalue weighted by atomic mass is 9.95. The van der Waals surface area contributed by atoms with E-state index >= 15 is 0 Å². The number of nitrogens with one attached hydrogen (secondary N) is 2. The van der Waals surface area contributed by atoms with E-state index in [1.54, 1.807) is 6.07 Å². The Morgan fingerprint density at radius 3 is 1.89 bits per heavy atom. The van der Waals surface area contributed by atoms with Crippen LogP contribution in [0.4, 0.5) is 17.6 Å². The minimum atomic E-state index is -1.77. The van der Waals surface area contributed by atoms with Gasteiger partial charge < -0.3 is 16.0 Å². The average Bonchev–Trinajstić information content (AvgIpc) is 3.33. The molecule has 0 spiro atoms. The van der Waals surface area contributed by atoms with Crippen molar-refractivity contribution >= 4 is 29.2 Å².